The van der Waals surface area contributed by atoms with Gasteiger partial charge in [0.15, 0.2) is 0 Å². The molecule has 0 aliphatic carbocycles. The number of pyridine rings is 2. The van der Waals surface area contributed by atoms with Crippen molar-refractivity contribution >= 4 is 34.9 Å². The van der Waals surface area contributed by atoms with Gasteiger partial charge in [-0.15, -0.1) is 0 Å². The molecule has 0 bridgehead atoms. The third-order valence-electron chi connectivity index (χ3n) is 7.98. The van der Waals surface area contributed by atoms with Crippen molar-refractivity contribution in [2.75, 3.05) is 31.1 Å². The number of likely N-dealkylation sites (tertiary alicyclic amines) is 1. The summed E-state index contributed by atoms with van der Waals surface area (Å²) < 4.78 is 1.29. The molecule has 11 heteroatoms. The molecule has 5 atom stereocenters. The highest BCUT2D eigenvalue weighted by molar-refractivity contribution is 6.30. The predicted molar refractivity (Wildman–Crippen MR) is 145 cm³/mol. The molecule has 2 saturated heterocycles. The fraction of sp³-hybridized carbons (Fsp3) is 0.444. The molecule has 0 saturated carbocycles. The minimum atomic E-state index is -1.18. The lowest BCUT2D eigenvalue weighted by atomic mass is 9.72. The molecule has 200 valence electrons. The zero-order chi connectivity index (χ0) is 27.2. The van der Waals surface area contributed by atoms with Crippen molar-refractivity contribution in [3.8, 4) is 0 Å². The molecule has 0 aromatic carbocycles. The summed E-state index contributed by atoms with van der Waals surface area (Å²) in [6.07, 6.45) is 3.13. The first-order chi connectivity index (χ1) is 18.1. The van der Waals surface area contributed by atoms with Gasteiger partial charge >= 0.3 is 0 Å². The van der Waals surface area contributed by atoms with Gasteiger partial charge in [-0.3, -0.25) is 19.6 Å². The van der Waals surface area contributed by atoms with Gasteiger partial charge in [-0.25, -0.2) is 4.68 Å². The van der Waals surface area contributed by atoms with E-state index in [9.17, 15) is 14.7 Å². The maximum atomic E-state index is 14.1. The van der Waals surface area contributed by atoms with E-state index < -0.39 is 5.60 Å². The van der Waals surface area contributed by atoms with E-state index in [0.29, 0.717) is 47.7 Å². The van der Waals surface area contributed by atoms with Crippen LogP contribution >= 0.6 is 23.2 Å². The van der Waals surface area contributed by atoms with Crippen LogP contribution in [0, 0.1) is 17.8 Å². The Morgan fingerprint density at radius 3 is 2.18 bits per heavy atom. The Morgan fingerprint density at radius 2 is 1.61 bits per heavy atom. The van der Waals surface area contributed by atoms with Crippen LogP contribution in [0.4, 0.5) is 5.82 Å². The van der Waals surface area contributed by atoms with E-state index in [1.807, 2.05) is 29.7 Å². The molecule has 3 aromatic heterocycles. The van der Waals surface area contributed by atoms with Crippen LogP contribution in [0.1, 0.15) is 31.2 Å². The summed E-state index contributed by atoms with van der Waals surface area (Å²) in [5.74, 6) is -0.448. The summed E-state index contributed by atoms with van der Waals surface area (Å²) in [4.78, 5) is 38.8. The number of amides is 1. The van der Waals surface area contributed by atoms with E-state index in [1.54, 1.807) is 37.5 Å². The SMILES string of the molecule is C[C@@H]1CN(C(=O)[C@@H]2CN(c3ccc(=O)n(C)n3)C[C@H]2c2ccc(Cl)cn2)C[C@H](C)[C@]1(O)c1ccc(Cl)cn1. The largest absolute Gasteiger partial charge is 0.383 e. The van der Waals surface area contributed by atoms with Crippen molar-refractivity contribution in [1.29, 1.82) is 0 Å². The molecule has 0 spiro atoms. The van der Waals surface area contributed by atoms with Crippen LogP contribution in [-0.4, -0.2) is 61.8 Å². The minimum Gasteiger partial charge on any atom is -0.383 e. The average Bonchev–Trinajstić information content (AvgIpc) is 3.34. The average molecular weight is 557 g/mol. The van der Waals surface area contributed by atoms with Crippen LogP contribution in [0.5, 0.6) is 0 Å². The van der Waals surface area contributed by atoms with Crippen LogP contribution in [-0.2, 0) is 17.4 Å². The summed E-state index contributed by atoms with van der Waals surface area (Å²) in [6.45, 7) is 5.62. The van der Waals surface area contributed by atoms with Crippen molar-refractivity contribution in [1.82, 2.24) is 24.6 Å². The molecule has 9 nitrogen and oxygen atoms in total. The number of piperidine rings is 1. The molecule has 1 N–H and O–H groups in total. The van der Waals surface area contributed by atoms with Crippen molar-refractivity contribution in [2.24, 2.45) is 24.8 Å². The Balaban J connectivity index is 1.42. The third kappa shape index (κ3) is 4.79. The highest BCUT2D eigenvalue weighted by Gasteiger charge is 2.50. The summed E-state index contributed by atoms with van der Waals surface area (Å²) in [6, 6.07) is 10.3. The quantitative estimate of drug-likeness (QED) is 0.526. The predicted octanol–water partition coefficient (Wildman–Crippen LogP) is 3.10. The second kappa shape index (κ2) is 10.3. The second-order valence-electron chi connectivity index (χ2n) is 10.4. The molecule has 0 radical (unpaired) electrons. The van der Waals surface area contributed by atoms with Crippen LogP contribution < -0.4 is 10.5 Å². The lowest BCUT2D eigenvalue weighted by molar-refractivity contribution is -0.153. The Labute approximate surface area is 231 Å². The van der Waals surface area contributed by atoms with Crippen LogP contribution in [0.25, 0.3) is 0 Å². The Kier molecular flexibility index (Phi) is 7.19. The molecular weight excluding hydrogens is 527 g/mol. The van der Waals surface area contributed by atoms with E-state index >= 15 is 0 Å². The van der Waals surface area contributed by atoms with Gasteiger partial charge in [-0.1, -0.05) is 37.0 Å². The molecule has 38 heavy (non-hydrogen) atoms. The Bertz CT molecular complexity index is 1370. The summed E-state index contributed by atoms with van der Waals surface area (Å²) >= 11 is 12.1. The second-order valence-corrected chi connectivity index (χ2v) is 11.3. The number of hydrogen-bond donors (Lipinski definition) is 1. The number of anilines is 1. The molecule has 2 aliphatic rings. The van der Waals surface area contributed by atoms with Crippen LogP contribution in [0.2, 0.25) is 10.0 Å². The van der Waals surface area contributed by atoms with Crippen molar-refractivity contribution in [3.05, 3.63) is 80.6 Å². The zero-order valence-electron chi connectivity index (χ0n) is 21.5. The monoisotopic (exact) mass is 556 g/mol. The van der Waals surface area contributed by atoms with Gasteiger partial charge in [0.1, 0.15) is 11.4 Å². The van der Waals surface area contributed by atoms with Gasteiger partial charge in [0, 0.05) is 75.1 Å². The van der Waals surface area contributed by atoms with E-state index in [-0.39, 0.29) is 35.1 Å². The van der Waals surface area contributed by atoms with Crippen LogP contribution in [0.3, 0.4) is 0 Å². The van der Waals surface area contributed by atoms with E-state index in [2.05, 4.69) is 15.1 Å². The minimum absolute atomic E-state index is 0.00360. The Morgan fingerprint density at radius 1 is 0.947 bits per heavy atom. The van der Waals surface area contributed by atoms with Gasteiger partial charge in [0.25, 0.3) is 5.56 Å². The normalized spacial score (nSPS) is 27.5. The van der Waals surface area contributed by atoms with Gasteiger partial charge in [-0.05, 0) is 30.3 Å². The van der Waals surface area contributed by atoms with Gasteiger partial charge in [0.2, 0.25) is 5.91 Å². The fourth-order valence-corrected chi connectivity index (χ4v) is 6.06. The number of aliphatic hydroxyl groups is 1. The number of aromatic nitrogens is 4. The maximum Gasteiger partial charge on any atom is 0.266 e. The summed E-state index contributed by atoms with van der Waals surface area (Å²) in [5, 5.41) is 17.2. The molecule has 1 amide bonds. The molecule has 2 aliphatic heterocycles. The lowest BCUT2D eigenvalue weighted by Crippen LogP contribution is -2.57. The first-order valence-electron chi connectivity index (χ1n) is 12.6. The number of aryl methyl sites for hydroxylation is 1. The van der Waals surface area contributed by atoms with E-state index in [4.69, 9.17) is 23.2 Å². The summed E-state index contributed by atoms with van der Waals surface area (Å²) in [5.41, 5.74) is -0.0422. The number of hydrogen-bond acceptors (Lipinski definition) is 7. The van der Waals surface area contributed by atoms with E-state index in [1.165, 1.54) is 16.9 Å². The molecule has 5 rings (SSSR count). The highest BCUT2D eigenvalue weighted by Crippen LogP contribution is 2.42. The van der Waals surface area contributed by atoms with Gasteiger partial charge < -0.3 is 14.9 Å². The first kappa shape index (κ1) is 26.6. The number of halogens is 2. The Hall–Kier alpha value is -3.01. The highest BCUT2D eigenvalue weighted by atomic mass is 35.5. The standard InChI is InChI=1S/C27H30Cl2N6O3/c1-16-12-35(13-17(2)27(16,38)23-7-5-19(29)11-31-23)26(37)21-15-34(24-8-9-25(36)33(3)32-24)14-20(21)22-6-4-18(28)10-30-22/h4-11,16-17,20-21,38H,12-15H2,1-3H3/t16-,17+,20-,21-,27+/m1/s1. The molecule has 2 fully saturated rings. The lowest BCUT2D eigenvalue weighted by Gasteiger charge is -2.48. The smallest absolute Gasteiger partial charge is 0.266 e. The fourth-order valence-electron chi connectivity index (χ4n) is 5.84. The van der Waals surface area contributed by atoms with Crippen molar-refractivity contribution in [2.45, 2.75) is 25.4 Å². The number of rotatable bonds is 4. The maximum absolute atomic E-state index is 14.1. The number of nitrogens with zero attached hydrogens (tertiary/aromatic N) is 6. The number of carbonyl (C=O) groups is 1. The molecule has 5 heterocycles. The van der Waals surface area contributed by atoms with Crippen LogP contribution in [0.15, 0.2) is 53.6 Å². The molecular formula is C27H30Cl2N6O3. The van der Waals surface area contributed by atoms with Crippen molar-refractivity contribution < 1.29 is 9.90 Å². The first-order valence-corrected chi connectivity index (χ1v) is 13.4. The molecule has 3 aromatic rings. The zero-order valence-corrected chi connectivity index (χ0v) is 23.0. The van der Waals surface area contributed by atoms with Crippen molar-refractivity contribution in [3.63, 3.8) is 0 Å². The third-order valence-corrected chi connectivity index (χ3v) is 8.43. The number of carbonyl (C=O) groups excluding carboxylic acids is 1. The van der Waals surface area contributed by atoms with Gasteiger partial charge in [0.05, 0.1) is 21.7 Å². The van der Waals surface area contributed by atoms with E-state index in [0.717, 1.165) is 5.69 Å². The summed E-state index contributed by atoms with van der Waals surface area (Å²) in [7, 11) is 1.61. The topological polar surface area (TPSA) is 104 Å². The molecule has 0 unspecified atom stereocenters. The van der Waals surface area contributed by atoms with Gasteiger partial charge in [-0.2, -0.15) is 5.10 Å².